The molecule has 0 nitrogen and oxygen atoms in total. The smallest absolute Gasteiger partial charge is 0.0394 e. The van der Waals surface area contributed by atoms with Gasteiger partial charge in [0, 0.05) is 0 Å². The zero-order chi connectivity index (χ0) is 8.43. The zero-order valence-electron chi connectivity index (χ0n) is 8.43. The van der Waals surface area contributed by atoms with Crippen molar-refractivity contribution in [1.82, 2.24) is 0 Å². The number of rotatable bonds is 4. The molecule has 0 heterocycles. The molecule has 66 valence electrons. The molecule has 0 saturated heterocycles. The van der Waals surface area contributed by atoms with E-state index in [-0.39, 0.29) is 0 Å². The molecule has 2 atom stereocenters. The highest BCUT2D eigenvalue weighted by atomic mass is 14.3. The lowest BCUT2D eigenvalue weighted by molar-refractivity contribution is 0.272. The molecular formula is C11H22. The van der Waals surface area contributed by atoms with E-state index in [1.165, 1.54) is 19.3 Å². The Morgan fingerprint density at radius 2 is 1.64 bits per heavy atom. The maximum Gasteiger partial charge on any atom is -0.0394 e. The highest BCUT2D eigenvalue weighted by Gasteiger charge is 2.26. The summed E-state index contributed by atoms with van der Waals surface area (Å²) >= 11 is 0. The van der Waals surface area contributed by atoms with E-state index >= 15 is 0 Å². The minimum absolute atomic E-state index is 0.865. The molecule has 1 aliphatic carbocycles. The van der Waals surface area contributed by atoms with E-state index in [9.17, 15) is 0 Å². The van der Waals surface area contributed by atoms with Crippen molar-refractivity contribution in [2.75, 3.05) is 0 Å². The largest absolute Gasteiger partial charge is 0.0625 e. The molecule has 1 aliphatic rings. The van der Waals surface area contributed by atoms with Crippen molar-refractivity contribution >= 4 is 0 Å². The number of hydrogen-bond acceptors (Lipinski definition) is 0. The SMILES string of the molecule is CC(C)C(C)C(C)CC1CC1. The van der Waals surface area contributed by atoms with Crippen LogP contribution >= 0.6 is 0 Å². The van der Waals surface area contributed by atoms with Crippen molar-refractivity contribution in [1.29, 1.82) is 0 Å². The van der Waals surface area contributed by atoms with Crippen LogP contribution in [0.15, 0.2) is 0 Å². The van der Waals surface area contributed by atoms with Crippen molar-refractivity contribution in [2.45, 2.75) is 47.0 Å². The van der Waals surface area contributed by atoms with Crippen LogP contribution in [-0.2, 0) is 0 Å². The van der Waals surface area contributed by atoms with Crippen LogP contribution in [0.1, 0.15) is 47.0 Å². The summed E-state index contributed by atoms with van der Waals surface area (Å²) in [6.45, 7) is 9.50. The third-order valence-electron chi connectivity index (χ3n) is 3.35. The summed E-state index contributed by atoms with van der Waals surface area (Å²) in [5.41, 5.74) is 0. The lowest BCUT2D eigenvalue weighted by atomic mass is 9.83. The van der Waals surface area contributed by atoms with Gasteiger partial charge in [-0.25, -0.2) is 0 Å². The minimum Gasteiger partial charge on any atom is -0.0625 e. The van der Waals surface area contributed by atoms with Crippen LogP contribution in [0.5, 0.6) is 0 Å². The lowest BCUT2D eigenvalue weighted by Crippen LogP contribution is -2.14. The molecule has 0 aliphatic heterocycles. The van der Waals surface area contributed by atoms with Gasteiger partial charge in [-0.3, -0.25) is 0 Å². The van der Waals surface area contributed by atoms with Crippen LogP contribution in [0.2, 0.25) is 0 Å². The summed E-state index contributed by atoms with van der Waals surface area (Å²) in [7, 11) is 0. The molecule has 0 amide bonds. The van der Waals surface area contributed by atoms with Crippen molar-refractivity contribution in [3.8, 4) is 0 Å². The van der Waals surface area contributed by atoms with E-state index in [4.69, 9.17) is 0 Å². The third-order valence-corrected chi connectivity index (χ3v) is 3.35. The van der Waals surface area contributed by atoms with Gasteiger partial charge in [-0.2, -0.15) is 0 Å². The van der Waals surface area contributed by atoms with Gasteiger partial charge in [-0.15, -0.1) is 0 Å². The monoisotopic (exact) mass is 154 g/mol. The average Bonchev–Trinajstić information content (AvgIpc) is 2.69. The second-order valence-electron chi connectivity index (χ2n) is 4.76. The van der Waals surface area contributed by atoms with Crippen molar-refractivity contribution in [2.24, 2.45) is 23.7 Å². The van der Waals surface area contributed by atoms with Gasteiger partial charge in [0.05, 0.1) is 0 Å². The average molecular weight is 154 g/mol. The fourth-order valence-electron chi connectivity index (χ4n) is 1.75. The van der Waals surface area contributed by atoms with E-state index in [1.54, 1.807) is 0 Å². The Bertz CT molecular complexity index is 111. The standard InChI is InChI=1S/C11H22/c1-8(2)10(4)9(3)7-11-5-6-11/h8-11H,5-7H2,1-4H3. The Morgan fingerprint density at radius 1 is 1.09 bits per heavy atom. The van der Waals surface area contributed by atoms with Crippen molar-refractivity contribution in [3.63, 3.8) is 0 Å². The predicted octanol–water partition coefficient (Wildman–Crippen LogP) is 3.71. The van der Waals surface area contributed by atoms with Gasteiger partial charge in [0.1, 0.15) is 0 Å². The van der Waals surface area contributed by atoms with Gasteiger partial charge in [0.2, 0.25) is 0 Å². The predicted molar refractivity (Wildman–Crippen MR) is 50.5 cm³/mol. The maximum atomic E-state index is 2.42. The molecule has 0 heteroatoms. The van der Waals surface area contributed by atoms with Crippen LogP contribution in [0.3, 0.4) is 0 Å². The molecule has 0 aromatic rings. The van der Waals surface area contributed by atoms with Gasteiger partial charge in [-0.1, -0.05) is 40.5 Å². The van der Waals surface area contributed by atoms with Crippen molar-refractivity contribution in [3.05, 3.63) is 0 Å². The van der Waals surface area contributed by atoms with Gasteiger partial charge >= 0.3 is 0 Å². The van der Waals surface area contributed by atoms with E-state index in [0.717, 1.165) is 23.7 Å². The van der Waals surface area contributed by atoms with Gasteiger partial charge in [0.25, 0.3) is 0 Å². The Morgan fingerprint density at radius 3 is 2.00 bits per heavy atom. The summed E-state index contributed by atoms with van der Waals surface area (Å²) in [6, 6.07) is 0. The number of hydrogen-bond donors (Lipinski definition) is 0. The zero-order valence-corrected chi connectivity index (χ0v) is 8.43. The van der Waals surface area contributed by atoms with E-state index in [0.29, 0.717) is 0 Å². The van der Waals surface area contributed by atoms with Crippen LogP contribution in [0.4, 0.5) is 0 Å². The Labute approximate surface area is 71.4 Å². The molecule has 0 bridgehead atoms. The molecule has 1 fully saturated rings. The van der Waals surface area contributed by atoms with E-state index < -0.39 is 0 Å². The summed E-state index contributed by atoms with van der Waals surface area (Å²) in [5.74, 6) is 3.83. The second kappa shape index (κ2) is 3.60. The van der Waals surface area contributed by atoms with Crippen LogP contribution in [0.25, 0.3) is 0 Å². The van der Waals surface area contributed by atoms with E-state index in [1.807, 2.05) is 0 Å². The van der Waals surface area contributed by atoms with Gasteiger partial charge in [-0.05, 0) is 30.1 Å². The minimum atomic E-state index is 0.865. The molecule has 0 spiro atoms. The molecule has 1 rings (SSSR count). The topological polar surface area (TPSA) is 0 Å². The quantitative estimate of drug-likeness (QED) is 0.579. The fraction of sp³-hybridized carbons (Fsp3) is 1.00. The summed E-state index contributed by atoms with van der Waals surface area (Å²) in [4.78, 5) is 0. The molecule has 0 radical (unpaired) electrons. The van der Waals surface area contributed by atoms with Gasteiger partial charge in [0.15, 0.2) is 0 Å². The Kier molecular flexibility index (Phi) is 2.98. The first kappa shape index (κ1) is 9.09. The molecule has 1 saturated carbocycles. The highest BCUT2D eigenvalue weighted by molar-refractivity contribution is 4.77. The molecule has 0 aromatic heterocycles. The van der Waals surface area contributed by atoms with Gasteiger partial charge < -0.3 is 0 Å². The normalized spacial score (nSPS) is 23.7. The molecular weight excluding hydrogens is 132 g/mol. The first-order chi connectivity index (χ1) is 5.11. The molecule has 2 unspecified atom stereocenters. The molecule has 0 N–H and O–H groups in total. The summed E-state index contributed by atoms with van der Waals surface area (Å²) in [6.07, 6.45) is 4.50. The summed E-state index contributed by atoms with van der Waals surface area (Å²) in [5, 5.41) is 0. The fourth-order valence-corrected chi connectivity index (χ4v) is 1.75. The first-order valence-electron chi connectivity index (χ1n) is 5.11. The van der Waals surface area contributed by atoms with Crippen LogP contribution in [-0.4, -0.2) is 0 Å². The van der Waals surface area contributed by atoms with Crippen molar-refractivity contribution < 1.29 is 0 Å². The van der Waals surface area contributed by atoms with Crippen LogP contribution < -0.4 is 0 Å². The van der Waals surface area contributed by atoms with Crippen LogP contribution in [0, 0.1) is 23.7 Å². The highest BCUT2D eigenvalue weighted by Crippen LogP contribution is 2.38. The molecule has 11 heavy (non-hydrogen) atoms. The Hall–Kier alpha value is 0. The lowest BCUT2D eigenvalue weighted by Gasteiger charge is -2.23. The first-order valence-corrected chi connectivity index (χ1v) is 5.11. The Balaban J connectivity index is 2.20. The summed E-state index contributed by atoms with van der Waals surface area (Å²) < 4.78 is 0. The van der Waals surface area contributed by atoms with E-state index in [2.05, 4.69) is 27.7 Å². The maximum absolute atomic E-state index is 2.42. The molecule has 0 aromatic carbocycles. The second-order valence-corrected chi connectivity index (χ2v) is 4.76. The third kappa shape index (κ3) is 2.84.